The average Bonchev–Trinajstić information content (AvgIpc) is 3.11. The van der Waals surface area contributed by atoms with E-state index in [-0.39, 0.29) is 11.0 Å². The monoisotopic (exact) mass is 275 g/mol. The fourth-order valence-electron chi connectivity index (χ4n) is 2.26. The fraction of sp³-hybridized carbons (Fsp3) is 0.667. The van der Waals surface area contributed by atoms with Gasteiger partial charge in [0.25, 0.3) is 0 Å². The quantitative estimate of drug-likeness (QED) is 0.836. The van der Waals surface area contributed by atoms with Crippen LogP contribution in [0.5, 0.6) is 5.75 Å². The first-order valence-electron chi connectivity index (χ1n) is 7.78. The molecule has 1 N–H and O–H groups in total. The van der Waals surface area contributed by atoms with Gasteiger partial charge in [-0.1, -0.05) is 26.0 Å². The molecule has 0 bridgehead atoms. The standard InChI is InChI=1S/C18H29NO/c1-17(2,3)19-12-11-18(4,5)14-7-6-8-16(13-14)20-15-9-10-15/h6-8,13,15,19H,9-12H2,1-5H3. The molecule has 1 aliphatic carbocycles. The molecule has 0 aromatic heterocycles. The van der Waals surface area contributed by atoms with Crippen molar-refractivity contribution in [3.63, 3.8) is 0 Å². The van der Waals surface area contributed by atoms with Crippen molar-refractivity contribution in [2.45, 2.75) is 70.9 Å². The van der Waals surface area contributed by atoms with Gasteiger partial charge in [-0.15, -0.1) is 0 Å². The van der Waals surface area contributed by atoms with Crippen molar-refractivity contribution in [3.8, 4) is 5.75 Å². The molecule has 2 heteroatoms. The van der Waals surface area contributed by atoms with Crippen molar-refractivity contribution in [1.82, 2.24) is 5.32 Å². The Balaban J connectivity index is 1.96. The molecule has 1 saturated carbocycles. The normalized spacial score (nSPS) is 16.2. The highest BCUT2D eigenvalue weighted by molar-refractivity contribution is 5.33. The van der Waals surface area contributed by atoms with Gasteiger partial charge in [-0.2, -0.15) is 0 Å². The molecule has 0 spiro atoms. The van der Waals surface area contributed by atoms with Crippen molar-refractivity contribution in [1.29, 1.82) is 0 Å². The van der Waals surface area contributed by atoms with Crippen LogP contribution in [-0.4, -0.2) is 18.2 Å². The zero-order chi connectivity index (χ0) is 14.8. The largest absolute Gasteiger partial charge is 0.490 e. The summed E-state index contributed by atoms with van der Waals surface area (Å²) >= 11 is 0. The average molecular weight is 275 g/mol. The van der Waals surface area contributed by atoms with Crippen LogP contribution in [0.25, 0.3) is 0 Å². The molecule has 2 rings (SSSR count). The van der Waals surface area contributed by atoms with E-state index >= 15 is 0 Å². The molecule has 0 amide bonds. The Kier molecular flexibility index (Phi) is 4.43. The van der Waals surface area contributed by atoms with Gasteiger partial charge in [0.2, 0.25) is 0 Å². The predicted molar refractivity (Wildman–Crippen MR) is 85.5 cm³/mol. The van der Waals surface area contributed by atoms with E-state index in [1.807, 2.05) is 0 Å². The summed E-state index contributed by atoms with van der Waals surface area (Å²) in [5.74, 6) is 1.03. The van der Waals surface area contributed by atoms with Gasteiger partial charge in [-0.05, 0) is 69.7 Å². The van der Waals surface area contributed by atoms with Gasteiger partial charge in [0.15, 0.2) is 0 Å². The second-order valence-corrected chi connectivity index (χ2v) is 7.66. The highest BCUT2D eigenvalue weighted by Gasteiger charge is 2.25. The molecule has 2 nitrogen and oxygen atoms in total. The maximum absolute atomic E-state index is 5.90. The van der Waals surface area contributed by atoms with Crippen molar-refractivity contribution in [2.75, 3.05) is 6.54 Å². The Labute approximate surface area is 123 Å². The number of hydrogen-bond donors (Lipinski definition) is 1. The third-order valence-electron chi connectivity index (χ3n) is 3.85. The molecule has 1 fully saturated rings. The number of ether oxygens (including phenoxy) is 1. The maximum Gasteiger partial charge on any atom is 0.120 e. The van der Waals surface area contributed by atoms with Gasteiger partial charge in [0.1, 0.15) is 5.75 Å². The van der Waals surface area contributed by atoms with Crippen LogP contribution in [0.4, 0.5) is 0 Å². The molecule has 1 aromatic rings. The first-order chi connectivity index (χ1) is 9.26. The van der Waals surface area contributed by atoms with Gasteiger partial charge >= 0.3 is 0 Å². The lowest BCUT2D eigenvalue weighted by atomic mass is 9.81. The lowest BCUT2D eigenvalue weighted by Gasteiger charge is -2.28. The Hall–Kier alpha value is -1.02. The second kappa shape index (κ2) is 5.77. The number of nitrogens with one attached hydrogen (secondary N) is 1. The van der Waals surface area contributed by atoms with E-state index in [1.54, 1.807) is 0 Å². The number of hydrogen-bond acceptors (Lipinski definition) is 2. The zero-order valence-corrected chi connectivity index (χ0v) is 13.6. The van der Waals surface area contributed by atoms with E-state index in [0.717, 1.165) is 18.7 Å². The molecule has 20 heavy (non-hydrogen) atoms. The zero-order valence-electron chi connectivity index (χ0n) is 13.6. The van der Waals surface area contributed by atoms with Crippen LogP contribution in [-0.2, 0) is 5.41 Å². The van der Waals surface area contributed by atoms with Crippen LogP contribution in [0.3, 0.4) is 0 Å². The molecule has 0 heterocycles. The number of rotatable bonds is 6. The molecular formula is C18H29NO. The Morgan fingerprint density at radius 1 is 1.15 bits per heavy atom. The lowest BCUT2D eigenvalue weighted by molar-refractivity contribution is 0.301. The number of benzene rings is 1. The van der Waals surface area contributed by atoms with E-state index < -0.39 is 0 Å². The minimum absolute atomic E-state index is 0.168. The first-order valence-corrected chi connectivity index (χ1v) is 7.78. The summed E-state index contributed by atoms with van der Waals surface area (Å²) in [7, 11) is 0. The van der Waals surface area contributed by atoms with Crippen molar-refractivity contribution >= 4 is 0 Å². The molecule has 0 radical (unpaired) electrons. The Morgan fingerprint density at radius 3 is 2.45 bits per heavy atom. The summed E-state index contributed by atoms with van der Waals surface area (Å²) in [6.45, 7) is 12.3. The van der Waals surface area contributed by atoms with Gasteiger partial charge < -0.3 is 10.1 Å². The summed E-state index contributed by atoms with van der Waals surface area (Å²) in [6, 6.07) is 8.63. The molecule has 1 aromatic carbocycles. The fourth-order valence-corrected chi connectivity index (χ4v) is 2.26. The summed E-state index contributed by atoms with van der Waals surface area (Å²) < 4.78 is 5.90. The van der Waals surface area contributed by atoms with Crippen LogP contribution >= 0.6 is 0 Å². The molecule has 112 valence electrons. The Bertz CT molecular complexity index is 441. The topological polar surface area (TPSA) is 21.3 Å². The highest BCUT2D eigenvalue weighted by Crippen LogP contribution is 2.32. The smallest absolute Gasteiger partial charge is 0.120 e. The van der Waals surface area contributed by atoms with E-state index in [9.17, 15) is 0 Å². The highest BCUT2D eigenvalue weighted by atomic mass is 16.5. The predicted octanol–water partition coefficient (Wildman–Crippen LogP) is 4.28. The van der Waals surface area contributed by atoms with Crippen LogP contribution in [0, 0.1) is 0 Å². The molecule has 0 atom stereocenters. The molecule has 0 unspecified atom stereocenters. The van der Waals surface area contributed by atoms with Crippen LogP contribution in [0.1, 0.15) is 59.4 Å². The SMILES string of the molecule is CC(C)(C)NCCC(C)(C)c1cccc(OC2CC2)c1. The minimum atomic E-state index is 0.168. The van der Waals surface area contributed by atoms with Crippen molar-refractivity contribution < 1.29 is 4.74 Å². The molecule has 0 aliphatic heterocycles. The summed E-state index contributed by atoms with van der Waals surface area (Å²) in [6.07, 6.45) is 4.01. The van der Waals surface area contributed by atoms with Gasteiger partial charge in [0, 0.05) is 5.54 Å². The summed E-state index contributed by atoms with van der Waals surface area (Å²) in [5, 5.41) is 3.57. The van der Waals surface area contributed by atoms with E-state index in [2.05, 4.69) is 64.2 Å². The molecule has 1 aliphatic rings. The van der Waals surface area contributed by atoms with Gasteiger partial charge in [0.05, 0.1) is 6.10 Å². The summed E-state index contributed by atoms with van der Waals surface area (Å²) in [4.78, 5) is 0. The van der Waals surface area contributed by atoms with E-state index in [0.29, 0.717) is 6.10 Å². The third kappa shape index (κ3) is 4.82. The second-order valence-electron chi connectivity index (χ2n) is 7.66. The minimum Gasteiger partial charge on any atom is -0.490 e. The van der Waals surface area contributed by atoms with E-state index in [1.165, 1.54) is 18.4 Å². The van der Waals surface area contributed by atoms with Gasteiger partial charge in [-0.25, -0.2) is 0 Å². The van der Waals surface area contributed by atoms with Crippen molar-refractivity contribution in [2.24, 2.45) is 0 Å². The van der Waals surface area contributed by atoms with E-state index in [4.69, 9.17) is 4.74 Å². The molecular weight excluding hydrogens is 246 g/mol. The van der Waals surface area contributed by atoms with Crippen LogP contribution in [0.2, 0.25) is 0 Å². The Morgan fingerprint density at radius 2 is 1.85 bits per heavy atom. The third-order valence-corrected chi connectivity index (χ3v) is 3.85. The van der Waals surface area contributed by atoms with Crippen molar-refractivity contribution in [3.05, 3.63) is 29.8 Å². The van der Waals surface area contributed by atoms with Gasteiger partial charge in [-0.3, -0.25) is 0 Å². The maximum atomic E-state index is 5.90. The first kappa shape index (κ1) is 15.4. The lowest BCUT2D eigenvalue weighted by Crippen LogP contribution is -2.38. The molecule has 0 saturated heterocycles. The summed E-state index contributed by atoms with van der Waals surface area (Å²) in [5.41, 5.74) is 1.72. The van der Waals surface area contributed by atoms with Crippen LogP contribution in [0.15, 0.2) is 24.3 Å². The van der Waals surface area contributed by atoms with Crippen LogP contribution < -0.4 is 10.1 Å².